The van der Waals surface area contributed by atoms with Gasteiger partial charge in [0.25, 0.3) is 11.6 Å². The SMILES string of the molecule is CC1(C)COc2nc3cc(-c4ccccn4)ccc3c(=O)n2C1. The van der Waals surface area contributed by atoms with Crippen LogP contribution in [0.5, 0.6) is 6.01 Å². The van der Waals surface area contributed by atoms with Crippen molar-refractivity contribution in [3.63, 3.8) is 0 Å². The number of benzene rings is 1. The topological polar surface area (TPSA) is 57.0 Å². The molecule has 0 radical (unpaired) electrons. The van der Waals surface area contributed by atoms with Crippen LogP contribution in [0, 0.1) is 5.41 Å². The predicted octanol–water partition coefficient (Wildman–Crippen LogP) is 2.88. The van der Waals surface area contributed by atoms with Crippen molar-refractivity contribution in [1.29, 1.82) is 0 Å². The third-order valence-corrected chi connectivity index (χ3v) is 4.06. The number of pyridine rings is 1. The second-order valence-electron chi connectivity index (χ2n) is 6.69. The summed E-state index contributed by atoms with van der Waals surface area (Å²) in [5.74, 6) is 0. The third kappa shape index (κ3) is 2.38. The molecule has 116 valence electrons. The van der Waals surface area contributed by atoms with Crippen molar-refractivity contribution in [2.24, 2.45) is 5.41 Å². The maximum Gasteiger partial charge on any atom is 0.299 e. The molecular formula is C18H17N3O2. The van der Waals surface area contributed by atoms with Gasteiger partial charge in [-0.15, -0.1) is 0 Å². The summed E-state index contributed by atoms with van der Waals surface area (Å²) in [6.07, 6.45) is 1.75. The molecule has 3 heterocycles. The van der Waals surface area contributed by atoms with E-state index in [1.807, 2.05) is 36.4 Å². The summed E-state index contributed by atoms with van der Waals surface area (Å²) in [6, 6.07) is 11.8. The average molecular weight is 307 g/mol. The fourth-order valence-electron chi connectivity index (χ4n) is 2.88. The van der Waals surface area contributed by atoms with Gasteiger partial charge in [0, 0.05) is 23.7 Å². The minimum atomic E-state index is -0.0694. The minimum Gasteiger partial charge on any atom is -0.464 e. The molecule has 0 spiro atoms. The Hall–Kier alpha value is -2.69. The molecule has 0 saturated heterocycles. The van der Waals surface area contributed by atoms with Gasteiger partial charge < -0.3 is 4.74 Å². The van der Waals surface area contributed by atoms with E-state index in [0.717, 1.165) is 11.3 Å². The monoisotopic (exact) mass is 307 g/mol. The number of hydrogen-bond donors (Lipinski definition) is 0. The zero-order valence-corrected chi connectivity index (χ0v) is 13.1. The van der Waals surface area contributed by atoms with Crippen molar-refractivity contribution in [3.05, 3.63) is 52.9 Å². The normalized spacial score (nSPS) is 15.9. The van der Waals surface area contributed by atoms with E-state index in [1.165, 1.54) is 0 Å². The standard InChI is InChI=1S/C18H17N3O2/c1-18(2)10-21-16(22)13-7-6-12(14-5-3-4-8-19-14)9-15(13)20-17(21)23-11-18/h3-9H,10-11H2,1-2H3. The summed E-state index contributed by atoms with van der Waals surface area (Å²) in [4.78, 5) is 21.6. The van der Waals surface area contributed by atoms with Crippen molar-refractivity contribution < 1.29 is 4.74 Å². The van der Waals surface area contributed by atoms with Crippen LogP contribution in [0.25, 0.3) is 22.2 Å². The second-order valence-corrected chi connectivity index (χ2v) is 6.69. The number of ether oxygens (including phenoxy) is 1. The number of rotatable bonds is 1. The van der Waals surface area contributed by atoms with Crippen molar-refractivity contribution in [2.45, 2.75) is 20.4 Å². The highest BCUT2D eigenvalue weighted by molar-refractivity contribution is 5.83. The zero-order chi connectivity index (χ0) is 16.0. The number of nitrogens with zero attached hydrogens (tertiary/aromatic N) is 3. The predicted molar refractivity (Wildman–Crippen MR) is 88.5 cm³/mol. The molecule has 0 fully saturated rings. The molecule has 5 heteroatoms. The van der Waals surface area contributed by atoms with Gasteiger partial charge in [-0.2, -0.15) is 4.98 Å². The summed E-state index contributed by atoms with van der Waals surface area (Å²) < 4.78 is 7.34. The summed E-state index contributed by atoms with van der Waals surface area (Å²) in [5.41, 5.74) is 2.32. The van der Waals surface area contributed by atoms with Crippen LogP contribution >= 0.6 is 0 Å². The lowest BCUT2D eigenvalue weighted by atomic mass is 9.94. The van der Waals surface area contributed by atoms with Crippen LogP contribution in [-0.4, -0.2) is 21.1 Å². The van der Waals surface area contributed by atoms with Crippen LogP contribution in [0.15, 0.2) is 47.4 Å². The largest absolute Gasteiger partial charge is 0.464 e. The van der Waals surface area contributed by atoms with E-state index < -0.39 is 0 Å². The first-order chi connectivity index (χ1) is 11.0. The Morgan fingerprint density at radius 3 is 2.87 bits per heavy atom. The molecule has 0 N–H and O–H groups in total. The molecule has 0 saturated carbocycles. The summed E-state index contributed by atoms with van der Waals surface area (Å²) >= 11 is 0. The fraction of sp³-hybridized carbons (Fsp3) is 0.278. The molecule has 0 unspecified atom stereocenters. The van der Waals surface area contributed by atoms with Crippen LogP contribution < -0.4 is 10.3 Å². The highest BCUT2D eigenvalue weighted by atomic mass is 16.5. The molecule has 5 nitrogen and oxygen atoms in total. The second kappa shape index (κ2) is 4.91. The van der Waals surface area contributed by atoms with E-state index >= 15 is 0 Å². The maximum absolute atomic E-state index is 12.7. The van der Waals surface area contributed by atoms with Gasteiger partial charge in [-0.05, 0) is 24.3 Å². The smallest absolute Gasteiger partial charge is 0.299 e. The van der Waals surface area contributed by atoms with E-state index in [9.17, 15) is 4.79 Å². The molecule has 4 rings (SSSR count). The van der Waals surface area contributed by atoms with Crippen LogP contribution in [0.1, 0.15) is 13.8 Å². The molecule has 23 heavy (non-hydrogen) atoms. The summed E-state index contributed by atoms with van der Waals surface area (Å²) in [5, 5.41) is 0.606. The Balaban J connectivity index is 1.90. The highest BCUT2D eigenvalue weighted by Crippen LogP contribution is 2.28. The van der Waals surface area contributed by atoms with Crippen molar-refractivity contribution in [3.8, 4) is 17.3 Å². The molecule has 0 amide bonds. The van der Waals surface area contributed by atoms with Crippen LogP contribution in [0.2, 0.25) is 0 Å². The highest BCUT2D eigenvalue weighted by Gasteiger charge is 2.28. The first-order valence-electron chi connectivity index (χ1n) is 7.62. The van der Waals surface area contributed by atoms with Crippen molar-refractivity contribution >= 4 is 10.9 Å². The molecule has 0 atom stereocenters. The lowest BCUT2D eigenvalue weighted by Crippen LogP contribution is -2.39. The Labute approximate surface area is 133 Å². The molecule has 0 bridgehead atoms. The van der Waals surface area contributed by atoms with Gasteiger partial charge in [0.2, 0.25) is 0 Å². The Morgan fingerprint density at radius 2 is 2.09 bits per heavy atom. The number of fused-ring (bicyclic) bond motifs is 2. The quantitative estimate of drug-likeness (QED) is 0.693. The van der Waals surface area contributed by atoms with Gasteiger partial charge in [0.15, 0.2) is 0 Å². The van der Waals surface area contributed by atoms with E-state index in [1.54, 1.807) is 10.8 Å². The lowest BCUT2D eigenvalue weighted by molar-refractivity contribution is 0.0984. The van der Waals surface area contributed by atoms with Crippen LogP contribution in [-0.2, 0) is 6.54 Å². The molecule has 3 aromatic rings. The van der Waals surface area contributed by atoms with Gasteiger partial charge in [-0.3, -0.25) is 14.3 Å². The van der Waals surface area contributed by atoms with Gasteiger partial charge in [0.1, 0.15) is 0 Å². The van der Waals surface area contributed by atoms with E-state index in [-0.39, 0.29) is 11.0 Å². The first kappa shape index (κ1) is 13.9. The number of hydrogen-bond acceptors (Lipinski definition) is 4. The van der Waals surface area contributed by atoms with Gasteiger partial charge in [-0.1, -0.05) is 26.0 Å². The van der Waals surface area contributed by atoms with Gasteiger partial charge in [-0.25, -0.2) is 0 Å². The Bertz CT molecular complexity index is 946. The molecule has 1 aliphatic rings. The van der Waals surface area contributed by atoms with Crippen LogP contribution in [0.4, 0.5) is 0 Å². The summed E-state index contributed by atoms with van der Waals surface area (Å²) in [6.45, 7) is 5.34. The van der Waals surface area contributed by atoms with Crippen molar-refractivity contribution in [1.82, 2.24) is 14.5 Å². The molecule has 1 aromatic carbocycles. The average Bonchev–Trinajstić information content (AvgIpc) is 2.56. The fourth-order valence-corrected chi connectivity index (χ4v) is 2.88. The number of aromatic nitrogens is 3. The van der Waals surface area contributed by atoms with Gasteiger partial charge in [0.05, 0.1) is 23.2 Å². The third-order valence-electron chi connectivity index (χ3n) is 4.06. The van der Waals surface area contributed by atoms with E-state index in [0.29, 0.717) is 30.1 Å². The molecular weight excluding hydrogens is 290 g/mol. The molecule has 2 aromatic heterocycles. The first-order valence-corrected chi connectivity index (χ1v) is 7.62. The maximum atomic E-state index is 12.7. The van der Waals surface area contributed by atoms with Gasteiger partial charge >= 0.3 is 0 Å². The Kier molecular flexibility index (Phi) is 2.98. The summed E-state index contributed by atoms with van der Waals surface area (Å²) in [7, 11) is 0. The zero-order valence-electron chi connectivity index (χ0n) is 13.1. The molecule has 1 aliphatic heterocycles. The van der Waals surface area contributed by atoms with E-state index in [4.69, 9.17) is 4.74 Å². The van der Waals surface area contributed by atoms with E-state index in [2.05, 4.69) is 23.8 Å². The van der Waals surface area contributed by atoms with Crippen LogP contribution in [0.3, 0.4) is 0 Å². The minimum absolute atomic E-state index is 0.0506. The van der Waals surface area contributed by atoms with Crippen molar-refractivity contribution in [2.75, 3.05) is 6.61 Å². The lowest BCUT2D eigenvalue weighted by Gasteiger charge is -2.31. The molecule has 0 aliphatic carbocycles. The Morgan fingerprint density at radius 1 is 1.22 bits per heavy atom.